The van der Waals surface area contributed by atoms with Crippen molar-refractivity contribution in [1.82, 2.24) is 9.21 Å². The molecule has 2 fully saturated rings. The normalized spacial score (nSPS) is 19.8. The minimum atomic E-state index is -3.30. The summed E-state index contributed by atoms with van der Waals surface area (Å²) in [6, 6.07) is 15.4. The first-order chi connectivity index (χ1) is 15.4. The zero-order valence-corrected chi connectivity index (χ0v) is 20.4. The molecule has 0 saturated carbocycles. The molecule has 2 saturated heterocycles. The number of rotatable bonds is 7. The van der Waals surface area contributed by atoms with Crippen molar-refractivity contribution in [2.24, 2.45) is 5.41 Å². The third kappa shape index (κ3) is 5.66. The first-order valence-electron chi connectivity index (χ1n) is 11.5. The van der Waals surface area contributed by atoms with Crippen LogP contribution in [0.4, 0.5) is 0 Å². The number of hydrogen-bond acceptors (Lipinski definition) is 4. The van der Waals surface area contributed by atoms with Gasteiger partial charge in [-0.15, -0.1) is 0 Å². The lowest BCUT2D eigenvalue weighted by Crippen LogP contribution is -2.48. The molecule has 2 heterocycles. The number of halogens is 1. The Kier molecular flexibility index (Phi) is 7.45. The molecule has 0 amide bonds. The molecular formula is C25H33ClN2O3S. The zero-order valence-electron chi connectivity index (χ0n) is 18.8. The largest absolute Gasteiger partial charge is 0.494 e. The summed E-state index contributed by atoms with van der Waals surface area (Å²) >= 11 is 5.92. The highest BCUT2D eigenvalue weighted by molar-refractivity contribution is 7.88. The van der Waals surface area contributed by atoms with Crippen LogP contribution in [0.25, 0.3) is 0 Å². The number of hydrogen-bond donors (Lipinski definition) is 0. The highest BCUT2D eigenvalue weighted by Gasteiger charge is 2.40. The smallest absolute Gasteiger partial charge is 0.218 e. The van der Waals surface area contributed by atoms with Crippen molar-refractivity contribution in [2.45, 2.75) is 44.9 Å². The van der Waals surface area contributed by atoms with Gasteiger partial charge in [-0.3, -0.25) is 4.90 Å². The van der Waals surface area contributed by atoms with Crippen molar-refractivity contribution >= 4 is 21.6 Å². The van der Waals surface area contributed by atoms with Crippen LogP contribution in [-0.2, 0) is 22.3 Å². The SMILES string of the molecule is CCOc1ccccc1CN1CCC2(CC1)CCN(S(=O)(=O)Cc1ccc(Cl)cc1)CC2. The number of likely N-dealkylation sites (tertiary alicyclic amines) is 1. The van der Waals surface area contributed by atoms with Gasteiger partial charge in [-0.25, -0.2) is 12.7 Å². The van der Waals surface area contributed by atoms with E-state index in [1.54, 1.807) is 28.6 Å². The lowest BCUT2D eigenvalue weighted by atomic mass is 9.71. The van der Waals surface area contributed by atoms with Crippen LogP contribution in [0.5, 0.6) is 5.75 Å². The van der Waals surface area contributed by atoms with E-state index in [2.05, 4.69) is 17.0 Å². The van der Waals surface area contributed by atoms with Crippen molar-refractivity contribution in [3.63, 3.8) is 0 Å². The molecule has 32 heavy (non-hydrogen) atoms. The number of ether oxygens (including phenoxy) is 1. The number of piperidine rings is 2. The van der Waals surface area contributed by atoms with Gasteiger partial charge in [0.25, 0.3) is 0 Å². The summed E-state index contributed by atoms with van der Waals surface area (Å²) in [7, 11) is -3.30. The van der Waals surface area contributed by atoms with E-state index in [0.717, 1.165) is 56.6 Å². The maximum Gasteiger partial charge on any atom is 0.218 e. The second-order valence-corrected chi connectivity index (χ2v) is 11.5. The molecule has 2 aromatic rings. The standard InChI is InChI=1S/C25H33ClN2O3S/c1-2-31-24-6-4-3-5-22(24)19-27-15-11-25(12-16-27)13-17-28(18-14-25)32(29,30)20-21-7-9-23(26)10-8-21/h3-10H,2,11-20H2,1H3. The summed E-state index contributed by atoms with van der Waals surface area (Å²) < 4.78 is 33.3. The lowest BCUT2D eigenvalue weighted by molar-refractivity contribution is 0.0525. The van der Waals surface area contributed by atoms with Crippen LogP contribution >= 0.6 is 11.6 Å². The van der Waals surface area contributed by atoms with E-state index in [9.17, 15) is 8.42 Å². The van der Waals surface area contributed by atoms with Crippen molar-refractivity contribution in [3.05, 3.63) is 64.7 Å². The third-order valence-corrected chi connectivity index (χ3v) is 9.12. The second-order valence-electron chi connectivity index (χ2n) is 9.10. The van der Waals surface area contributed by atoms with Crippen LogP contribution in [0.15, 0.2) is 48.5 Å². The number of benzene rings is 2. The van der Waals surface area contributed by atoms with E-state index < -0.39 is 10.0 Å². The zero-order chi connectivity index (χ0) is 22.6. The van der Waals surface area contributed by atoms with Gasteiger partial charge < -0.3 is 4.74 Å². The van der Waals surface area contributed by atoms with Crippen LogP contribution in [0.3, 0.4) is 0 Å². The molecule has 0 N–H and O–H groups in total. The first kappa shape index (κ1) is 23.6. The van der Waals surface area contributed by atoms with E-state index in [0.29, 0.717) is 24.7 Å². The van der Waals surface area contributed by atoms with Gasteiger partial charge in [0.05, 0.1) is 12.4 Å². The van der Waals surface area contributed by atoms with Crippen LogP contribution in [-0.4, -0.2) is 50.4 Å². The lowest BCUT2D eigenvalue weighted by Gasteiger charge is -2.46. The fourth-order valence-electron chi connectivity index (χ4n) is 4.98. The van der Waals surface area contributed by atoms with Gasteiger partial charge in [0.15, 0.2) is 0 Å². The van der Waals surface area contributed by atoms with Gasteiger partial charge in [0, 0.05) is 30.2 Å². The Morgan fingerprint density at radius 2 is 1.56 bits per heavy atom. The number of nitrogens with zero attached hydrogens (tertiary/aromatic N) is 2. The molecule has 0 radical (unpaired) electrons. The monoisotopic (exact) mass is 476 g/mol. The van der Waals surface area contributed by atoms with E-state index in [1.165, 1.54) is 5.56 Å². The predicted octanol–water partition coefficient (Wildman–Crippen LogP) is 4.95. The molecule has 2 aliphatic rings. The summed E-state index contributed by atoms with van der Waals surface area (Å²) in [6.45, 7) is 6.97. The first-order valence-corrected chi connectivity index (χ1v) is 13.5. The molecule has 4 rings (SSSR count). The van der Waals surface area contributed by atoms with Gasteiger partial charge in [0.2, 0.25) is 10.0 Å². The highest BCUT2D eigenvalue weighted by atomic mass is 35.5. The van der Waals surface area contributed by atoms with Gasteiger partial charge in [0.1, 0.15) is 5.75 Å². The fraction of sp³-hybridized carbons (Fsp3) is 0.520. The molecule has 0 atom stereocenters. The van der Waals surface area contributed by atoms with Crippen molar-refractivity contribution in [3.8, 4) is 5.75 Å². The molecule has 7 heteroatoms. The molecule has 0 bridgehead atoms. The molecule has 0 unspecified atom stereocenters. The molecular weight excluding hydrogens is 444 g/mol. The molecule has 174 valence electrons. The van der Waals surface area contributed by atoms with Crippen molar-refractivity contribution in [2.75, 3.05) is 32.8 Å². The third-order valence-electron chi connectivity index (χ3n) is 7.02. The maximum atomic E-state index is 12.9. The Morgan fingerprint density at radius 3 is 2.22 bits per heavy atom. The molecule has 5 nitrogen and oxygen atoms in total. The summed E-state index contributed by atoms with van der Waals surface area (Å²) in [6.07, 6.45) is 4.18. The van der Waals surface area contributed by atoms with Gasteiger partial charge in [-0.1, -0.05) is 41.9 Å². The molecule has 0 aromatic heterocycles. The Hall–Kier alpha value is -1.60. The van der Waals surface area contributed by atoms with Gasteiger partial charge in [-0.2, -0.15) is 0 Å². The highest BCUT2D eigenvalue weighted by Crippen LogP contribution is 2.42. The van der Waals surface area contributed by atoms with Crippen LogP contribution in [0, 0.1) is 5.41 Å². The van der Waals surface area contributed by atoms with Crippen molar-refractivity contribution in [1.29, 1.82) is 0 Å². The summed E-state index contributed by atoms with van der Waals surface area (Å²) in [4.78, 5) is 2.51. The fourth-order valence-corrected chi connectivity index (χ4v) is 6.64. The van der Waals surface area contributed by atoms with E-state index in [1.807, 2.05) is 19.1 Å². The molecule has 1 spiro atoms. The Morgan fingerprint density at radius 1 is 0.938 bits per heavy atom. The molecule has 0 aliphatic carbocycles. The van der Waals surface area contributed by atoms with Crippen LogP contribution in [0.1, 0.15) is 43.7 Å². The molecule has 2 aliphatic heterocycles. The minimum absolute atomic E-state index is 0.0458. The average molecular weight is 477 g/mol. The number of para-hydroxylation sites is 1. The Labute approximate surface area is 197 Å². The van der Waals surface area contributed by atoms with E-state index in [-0.39, 0.29) is 11.2 Å². The Balaban J connectivity index is 1.29. The summed E-state index contributed by atoms with van der Waals surface area (Å²) in [5.41, 5.74) is 2.31. The van der Waals surface area contributed by atoms with Crippen LogP contribution < -0.4 is 4.74 Å². The summed E-state index contributed by atoms with van der Waals surface area (Å²) in [5, 5.41) is 0.624. The molecule has 2 aromatic carbocycles. The topological polar surface area (TPSA) is 49.9 Å². The van der Waals surface area contributed by atoms with E-state index >= 15 is 0 Å². The van der Waals surface area contributed by atoms with Crippen molar-refractivity contribution < 1.29 is 13.2 Å². The second kappa shape index (κ2) is 10.1. The number of sulfonamides is 1. The Bertz CT molecular complexity index is 992. The van der Waals surface area contributed by atoms with Gasteiger partial charge in [-0.05, 0) is 74.9 Å². The maximum absolute atomic E-state index is 12.9. The van der Waals surface area contributed by atoms with Crippen LogP contribution in [0.2, 0.25) is 5.02 Å². The average Bonchev–Trinajstić information content (AvgIpc) is 2.79. The predicted molar refractivity (Wildman–Crippen MR) is 129 cm³/mol. The summed E-state index contributed by atoms with van der Waals surface area (Å²) in [5.74, 6) is 1.03. The van der Waals surface area contributed by atoms with E-state index in [4.69, 9.17) is 16.3 Å². The van der Waals surface area contributed by atoms with Gasteiger partial charge >= 0.3 is 0 Å². The quantitative estimate of drug-likeness (QED) is 0.567. The minimum Gasteiger partial charge on any atom is -0.494 e.